The molecular formula is C15H15NO. The van der Waals surface area contributed by atoms with Gasteiger partial charge in [0.05, 0.1) is 5.69 Å². The molecule has 1 aliphatic rings. The van der Waals surface area contributed by atoms with Crippen molar-refractivity contribution in [3.05, 3.63) is 53.7 Å². The summed E-state index contributed by atoms with van der Waals surface area (Å²) in [5.74, 6) is 1.74. The van der Waals surface area contributed by atoms with Gasteiger partial charge in [0, 0.05) is 0 Å². The Kier molecular flexibility index (Phi) is 2.78. The quantitative estimate of drug-likeness (QED) is 0.791. The summed E-state index contributed by atoms with van der Waals surface area (Å²) in [5.41, 5.74) is 2.28. The van der Waals surface area contributed by atoms with Gasteiger partial charge >= 0.3 is 0 Å². The predicted octanol–water partition coefficient (Wildman–Crippen LogP) is 3.80. The zero-order valence-corrected chi connectivity index (χ0v) is 9.67. The number of aromatic nitrogens is 1. The molecule has 1 aromatic heterocycles. The minimum Gasteiger partial charge on any atom is -0.444 e. The van der Waals surface area contributed by atoms with Crippen molar-refractivity contribution in [2.45, 2.75) is 19.3 Å². The lowest BCUT2D eigenvalue weighted by Gasteiger charge is -1.94. The molecule has 1 aliphatic carbocycles. The van der Waals surface area contributed by atoms with E-state index in [1.165, 1.54) is 18.4 Å². The van der Waals surface area contributed by atoms with Gasteiger partial charge in [-0.25, -0.2) is 4.98 Å². The summed E-state index contributed by atoms with van der Waals surface area (Å²) in [6.45, 7) is 0. The van der Waals surface area contributed by atoms with Crippen LogP contribution in [-0.2, 0) is 6.42 Å². The topological polar surface area (TPSA) is 26.0 Å². The molecule has 0 atom stereocenters. The molecule has 2 aromatic rings. The van der Waals surface area contributed by atoms with E-state index in [1.54, 1.807) is 6.39 Å². The molecule has 1 heterocycles. The van der Waals surface area contributed by atoms with Crippen molar-refractivity contribution in [3.8, 4) is 0 Å². The van der Waals surface area contributed by atoms with Crippen LogP contribution >= 0.6 is 0 Å². The highest BCUT2D eigenvalue weighted by Gasteiger charge is 2.23. The molecule has 1 aromatic carbocycles. The second-order valence-electron chi connectivity index (χ2n) is 4.55. The van der Waals surface area contributed by atoms with Crippen LogP contribution in [-0.4, -0.2) is 4.98 Å². The standard InChI is InChI=1S/C15H15NO/c1-2-4-12(5-3-1)8-9-15-14(16-11-17-15)10-13-6-7-13/h1-5,8-9,11,13H,6-7,10H2/b9-8+. The Morgan fingerprint density at radius 2 is 2.00 bits per heavy atom. The van der Waals surface area contributed by atoms with Gasteiger partial charge < -0.3 is 4.42 Å². The van der Waals surface area contributed by atoms with Crippen LogP contribution in [0.15, 0.2) is 41.1 Å². The summed E-state index contributed by atoms with van der Waals surface area (Å²) in [7, 11) is 0. The highest BCUT2D eigenvalue weighted by atomic mass is 16.3. The predicted molar refractivity (Wildman–Crippen MR) is 68.3 cm³/mol. The number of oxazole rings is 1. The van der Waals surface area contributed by atoms with Crippen LogP contribution in [0.4, 0.5) is 0 Å². The van der Waals surface area contributed by atoms with E-state index in [0.29, 0.717) is 0 Å². The first-order chi connectivity index (χ1) is 8.42. The van der Waals surface area contributed by atoms with Gasteiger partial charge in [-0.3, -0.25) is 0 Å². The van der Waals surface area contributed by atoms with Gasteiger partial charge in [0.1, 0.15) is 5.76 Å². The van der Waals surface area contributed by atoms with Crippen LogP contribution in [0.1, 0.15) is 29.9 Å². The molecule has 0 spiro atoms. The summed E-state index contributed by atoms with van der Waals surface area (Å²) in [5, 5.41) is 0. The van der Waals surface area contributed by atoms with Crippen molar-refractivity contribution in [1.29, 1.82) is 0 Å². The monoisotopic (exact) mass is 225 g/mol. The molecule has 0 unspecified atom stereocenters. The van der Waals surface area contributed by atoms with Crippen molar-refractivity contribution in [2.75, 3.05) is 0 Å². The molecule has 0 radical (unpaired) electrons. The first-order valence-corrected chi connectivity index (χ1v) is 6.07. The number of hydrogen-bond donors (Lipinski definition) is 0. The van der Waals surface area contributed by atoms with E-state index in [1.807, 2.05) is 24.3 Å². The largest absolute Gasteiger partial charge is 0.444 e. The van der Waals surface area contributed by atoms with Crippen molar-refractivity contribution < 1.29 is 4.42 Å². The average Bonchev–Trinajstić information content (AvgIpc) is 3.07. The smallest absolute Gasteiger partial charge is 0.181 e. The van der Waals surface area contributed by atoms with E-state index >= 15 is 0 Å². The second kappa shape index (κ2) is 4.58. The fraction of sp³-hybridized carbons (Fsp3) is 0.267. The van der Waals surface area contributed by atoms with Crippen LogP contribution in [0.25, 0.3) is 12.2 Å². The highest BCUT2D eigenvalue weighted by Crippen LogP contribution is 2.33. The van der Waals surface area contributed by atoms with E-state index in [9.17, 15) is 0 Å². The second-order valence-corrected chi connectivity index (χ2v) is 4.55. The Balaban J connectivity index is 1.75. The zero-order valence-electron chi connectivity index (χ0n) is 9.67. The Morgan fingerprint density at radius 1 is 1.18 bits per heavy atom. The molecule has 2 nitrogen and oxygen atoms in total. The minimum absolute atomic E-state index is 0.837. The summed E-state index contributed by atoms with van der Waals surface area (Å²) in [4.78, 5) is 4.29. The molecule has 0 saturated heterocycles. The first-order valence-electron chi connectivity index (χ1n) is 6.07. The lowest BCUT2D eigenvalue weighted by Crippen LogP contribution is -1.89. The molecule has 86 valence electrons. The maximum absolute atomic E-state index is 5.42. The van der Waals surface area contributed by atoms with Crippen LogP contribution in [0.3, 0.4) is 0 Å². The fourth-order valence-corrected chi connectivity index (χ4v) is 1.90. The Morgan fingerprint density at radius 3 is 2.76 bits per heavy atom. The number of hydrogen-bond acceptors (Lipinski definition) is 2. The molecule has 0 aliphatic heterocycles. The van der Waals surface area contributed by atoms with Crippen molar-refractivity contribution >= 4 is 12.2 Å². The molecule has 0 amide bonds. The van der Waals surface area contributed by atoms with Crippen molar-refractivity contribution in [2.24, 2.45) is 5.92 Å². The van der Waals surface area contributed by atoms with Gasteiger partial charge in [0.25, 0.3) is 0 Å². The molecule has 2 heteroatoms. The molecule has 0 bridgehead atoms. The van der Waals surface area contributed by atoms with Gasteiger partial charge in [-0.1, -0.05) is 36.4 Å². The lowest BCUT2D eigenvalue weighted by atomic mass is 10.1. The number of nitrogens with zero attached hydrogens (tertiary/aromatic N) is 1. The van der Waals surface area contributed by atoms with Crippen molar-refractivity contribution in [1.82, 2.24) is 4.98 Å². The number of benzene rings is 1. The Bertz CT molecular complexity index is 509. The molecule has 1 saturated carbocycles. The number of rotatable bonds is 4. The fourth-order valence-electron chi connectivity index (χ4n) is 1.90. The van der Waals surface area contributed by atoms with Gasteiger partial charge in [-0.15, -0.1) is 0 Å². The summed E-state index contributed by atoms with van der Waals surface area (Å²) < 4.78 is 5.42. The normalized spacial score (nSPS) is 15.5. The SMILES string of the molecule is C(=C\c1ocnc1CC1CC1)/c1ccccc1. The summed E-state index contributed by atoms with van der Waals surface area (Å²) in [6, 6.07) is 10.2. The van der Waals surface area contributed by atoms with Crippen molar-refractivity contribution in [3.63, 3.8) is 0 Å². The summed E-state index contributed by atoms with van der Waals surface area (Å²) in [6.07, 6.45) is 9.37. The minimum atomic E-state index is 0.837. The van der Waals surface area contributed by atoms with E-state index < -0.39 is 0 Å². The third-order valence-corrected chi connectivity index (χ3v) is 3.08. The van der Waals surface area contributed by atoms with Crippen LogP contribution in [0.2, 0.25) is 0 Å². The highest BCUT2D eigenvalue weighted by molar-refractivity contribution is 5.68. The van der Waals surface area contributed by atoms with E-state index in [2.05, 4.69) is 23.2 Å². The van der Waals surface area contributed by atoms with Gasteiger partial charge in [0.2, 0.25) is 0 Å². The third-order valence-electron chi connectivity index (χ3n) is 3.08. The van der Waals surface area contributed by atoms with Crippen LogP contribution in [0.5, 0.6) is 0 Å². The molecular weight excluding hydrogens is 210 g/mol. The first kappa shape index (κ1) is 10.3. The van der Waals surface area contributed by atoms with Gasteiger partial charge in [-0.2, -0.15) is 0 Å². The van der Waals surface area contributed by atoms with Crippen LogP contribution in [0, 0.1) is 5.92 Å². The maximum Gasteiger partial charge on any atom is 0.181 e. The lowest BCUT2D eigenvalue weighted by molar-refractivity contribution is 0.546. The van der Waals surface area contributed by atoms with E-state index in [4.69, 9.17) is 4.42 Å². The third kappa shape index (κ3) is 2.64. The zero-order chi connectivity index (χ0) is 11.5. The van der Waals surface area contributed by atoms with Gasteiger partial charge in [-0.05, 0) is 36.8 Å². The molecule has 1 fully saturated rings. The van der Waals surface area contributed by atoms with E-state index in [-0.39, 0.29) is 0 Å². The molecule has 0 N–H and O–H groups in total. The Hall–Kier alpha value is -1.83. The van der Waals surface area contributed by atoms with Crippen LogP contribution < -0.4 is 0 Å². The Labute approximate surface area is 101 Å². The average molecular weight is 225 g/mol. The molecule has 3 rings (SSSR count). The van der Waals surface area contributed by atoms with E-state index in [0.717, 1.165) is 23.8 Å². The summed E-state index contributed by atoms with van der Waals surface area (Å²) >= 11 is 0. The maximum atomic E-state index is 5.42. The van der Waals surface area contributed by atoms with Gasteiger partial charge in [0.15, 0.2) is 6.39 Å². The molecule has 17 heavy (non-hydrogen) atoms.